The zero-order valence-corrected chi connectivity index (χ0v) is 14.4. The molecule has 2 aliphatic rings. The number of ether oxygens (including phenoxy) is 1. The van der Waals surface area contributed by atoms with Crippen LogP contribution in [0.4, 0.5) is 13.2 Å². The maximum atomic E-state index is 13.4. The molecule has 134 valence electrons. The Morgan fingerprint density at radius 3 is 2.08 bits per heavy atom. The van der Waals surface area contributed by atoms with Crippen molar-refractivity contribution in [3.63, 3.8) is 0 Å². The number of hydrogen-bond donors (Lipinski definition) is 0. The molecule has 1 saturated heterocycles. The Kier molecular flexibility index (Phi) is 5.85. The van der Waals surface area contributed by atoms with E-state index in [4.69, 9.17) is 4.74 Å². The van der Waals surface area contributed by atoms with Crippen LogP contribution in [0.1, 0.15) is 70.0 Å². The summed E-state index contributed by atoms with van der Waals surface area (Å²) in [5, 5.41) is 0. The maximum Gasteiger partial charge on any atom is 0.194 e. The van der Waals surface area contributed by atoms with Crippen LogP contribution in [0.25, 0.3) is 0 Å². The van der Waals surface area contributed by atoms with E-state index in [9.17, 15) is 13.2 Å². The van der Waals surface area contributed by atoms with Gasteiger partial charge in [-0.3, -0.25) is 0 Å². The van der Waals surface area contributed by atoms with Crippen LogP contribution in [-0.2, 0) is 4.74 Å². The van der Waals surface area contributed by atoms with Crippen molar-refractivity contribution < 1.29 is 17.9 Å². The highest BCUT2D eigenvalue weighted by Gasteiger charge is 2.32. The van der Waals surface area contributed by atoms with Crippen LogP contribution < -0.4 is 0 Å². The number of hydrogen-bond acceptors (Lipinski definition) is 1. The fourth-order valence-electron chi connectivity index (χ4n) is 4.52. The first-order valence-electron chi connectivity index (χ1n) is 9.34. The van der Waals surface area contributed by atoms with Crippen LogP contribution in [0.2, 0.25) is 0 Å². The lowest BCUT2D eigenvalue weighted by atomic mass is 9.73. The summed E-state index contributed by atoms with van der Waals surface area (Å²) in [4.78, 5) is 0. The Balaban J connectivity index is 1.53. The molecular weight excluding hydrogens is 313 g/mol. The minimum Gasteiger partial charge on any atom is -0.373 e. The van der Waals surface area contributed by atoms with Gasteiger partial charge in [0.2, 0.25) is 0 Å². The number of rotatable bonds is 4. The van der Waals surface area contributed by atoms with Gasteiger partial charge in [-0.2, -0.15) is 0 Å². The molecule has 0 amide bonds. The van der Waals surface area contributed by atoms with E-state index in [1.165, 1.54) is 38.5 Å². The minimum atomic E-state index is -1.41. The van der Waals surface area contributed by atoms with Crippen LogP contribution in [-0.4, -0.2) is 6.61 Å². The topological polar surface area (TPSA) is 9.23 Å². The van der Waals surface area contributed by atoms with Gasteiger partial charge in [0.15, 0.2) is 17.5 Å². The molecule has 24 heavy (non-hydrogen) atoms. The van der Waals surface area contributed by atoms with Crippen molar-refractivity contribution in [1.82, 2.24) is 0 Å². The molecule has 2 unspecified atom stereocenters. The second-order valence-electron chi connectivity index (χ2n) is 7.53. The zero-order chi connectivity index (χ0) is 17.1. The lowest BCUT2D eigenvalue weighted by molar-refractivity contribution is -0.0407. The summed E-state index contributed by atoms with van der Waals surface area (Å²) in [7, 11) is 0. The largest absolute Gasteiger partial charge is 0.373 e. The fourth-order valence-corrected chi connectivity index (χ4v) is 4.52. The Morgan fingerprint density at radius 1 is 0.917 bits per heavy atom. The minimum absolute atomic E-state index is 0.317. The van der Waals surface area contributed by atoms with E-state index in [1.54, 1.807) is 0 Å². The van der Waals surface area contributed by atoms with Gasteiger partial charge in [0.1, 0.15) is 0 Å². The predicted molar refractivity (Wildman–Crippen MR) is 88.1 cm³/mol. The lowest BCUT2D eigenvalue weighted by Crippen LogP contribution is -2.29. The molecular formula is C20H27F3O. The van der Waals surface area contributed by atoms with E-state index >= 15 is 0 Å². The van der Waals surface area contributed by atoms with Crippen molar-refractivity contribution >= 4 is 0 Å². The van der Waals surface area contributed by atoms with Crippen LogP contribution >= 0.6 is 0 Å². The third-order valence-electron chi connectivity index (χ3n) is 5.94. The molecule has 0 N–H and O–H groups in total. The summed E-state index contributed by atoms with van der Waals surface area (Å²) in [5.74, 6) is -1.50. The van der Waals surface area contributed by atoms with E-state index in [2.05, 4.69) is 6.92 Å². The first-order valence-corrected chi connectivity index (χ1v) is 9.34. The van der Waals surface area contributed by atoms with Crippen molar-refractivity contribution in [2.24, 2.45) is 17.8 Å². The van der Waals surface area contributed by atoms with Gasteiger partial charge in [-0.1, -0.05) is 32.6 Å². The first kappa shape index (κ1) is 17.8. The van der Waals surface area contributed by atoms with Gasteiger partial charge in [0.05, 0.1) is 12.7 Å². The molecule has 1 heterocycles. The fraction of sp³-hybridized carbons (Fsp3) is 0.700. The quantitative estimate of drug-likeness (QED) is 0.595. The van der Waals surface area contributed by atoms with Gasteiger partial charge in [0, 0.05) is 0 Å². The average molecular weight is 340 g/mol. The monoisotopic (exact) mass is 340 g/mol. The summed E-state index contributed by atoms with van der Waals surface area (Å²) in [6.07, 6.45) is 9.29. The standard InChI is InChI=1S/C20H27F3O/c1-2-3-13-4-6-14(7-5-13)15-8-9-19(24-12-15)16-10-17(21)20(23)18(22)11-16/h10-11,13-15,19H,2-9,12H2,1H3. The third-order valence-corrected chi connectivity index (χ3v) is 5.94. The van der Waals surface area contributed by atoms with Gasteiger partial charge >= 0.3 is 0 Å². The lowest BCUT2D eigenvalue weighted by Gasteiger charge is -2.38. The summed E-state index contributed by atoms with van der Waals surface area (Å²) >= 11 is 0. The molecule has 3 rings (SSSR count). The summed E-state index contributed by atoms with van der Waals surface area (Å²) < 4.78 is 45.8. The van der Waals surface area contributed by atoms with E-state index in [0.29, 0.717) is 18.1 Å². The van der Waals surface area contributed by atoms with Crippen molar-refractivity contribution in [3.05, 3.63) is 35.1 Å². The van der Waals surface area contributed by atoms with E-state index in [1.807, 2.05) is 0 Å². The number of halogens is 3. The molecule has 1 aliphatic carbocycles. The Morgan fingerprint density at radius 2 is 1.54 bits per heavy atom. The van der Waals surface area contributed by atoms with Gasteiger partial charge in [-0.15, -0.1) is 0 Å². The predicted octanol–water partition coefficient (Wildman–Crippen LogP) is 6.18. The second kappa shape index (κ2) is 7.90. The molecule has 2 fully saturated rings. The Bertz CT molecular complexity index is 521. The molecule has 0 radical (unpaired) electrons. The molecule has 1 saturated carbocycles. The van der Waals surface area contributed by atoms with Crippen LogP contribution in [0.5, 0.6) is 0 Å². The molecule has 4 heteroatoms. The third kappa shape index (κ3) is 3.96. The normalized spacial score (nSPS) is 31.2. The van der Waals surface area contributed by atoms with Crippen molar-refractivity contribution in [2.75, 3.05) is 6.61 Å². The average Bonchev–Trinajstić information content (AvgIpc) is 2.60. The molecule has 2 atom stereocenters. The molecule has 1 aromatic rings. The highest BCUT2D eigenvalue weighted by Crippen LogP contribution is 2.41. The molecule has 1 aromatic carbocycles. The van der Waals surface area contributed by atoms with Crippen molar-refractivity contribution in [1.29, 1.82) is 0 Å². The highest BCUT2D eigenvalue weighted by atomic mass is 19.2. The van der Waals surface area contributed by atoms with Crippen molar-refractivity contribution in [2.45, 2.75) is 64.4 Å². The van der Waals surface area contributed by atoms with Gasteiger partial charge in [-0.05, 0) is 61.1 Å². The van der Waals surface area contributed by atoms with E-state index in [0.717, 1.165) is 36.8 Å². The van der Waals surface area contributed by atoms with E-state index < -0.39 is 17.5 Å². The first-order chi connectivity index (χ1) is 11.6. The zero-order valence-electron chi connectivity index (χ0n) is 14.4. The van der Waals surface area contributed by atoms with E-state index in [-0.39, 0.29) is 6.10 Å². The Labute approximate surface area is 142 Å². The van der Waals surface area contributed by atoms with Crippen molar-refractivity contribution in [3.8, 4) is 0 Å². The summed E-state index contributed by atoms with van der Waals surface area (Å²) in [5.41, 5.74) is 0.413. The molecule has 0 bridgehead atoms. The molecule has 1 nitrogen and oxygen atoms in total. The van der Waals surface area contributed by atoms with Gasteiger partial charge in [-0.25, -0.2) is 13.2 Å². The van der Waals surface area contributed by atoms with Crippen LogP contribution in [0.15, 0.2) is 12.1 Å². The molecule has 0 aromatic heterocycles. The smallest absolute Gasteiger partial charge is 0.194 e. The summed E-state index contributed by atoms with van der Waals surface area (Å²) in [6, 6.07) is 2.14. The van der Waals surface area contributed by atoms with Gasteiger partial charge in [0.25, 0.3) is 0 Å². The summed E-state index contributed by atoms with van der Waals surface area (Å²) in [6.45, 7) is 2.90. The van der Waals surface area contributed by atoms with Gasteiger partial charge < -0.3 is 4.74 Å². The number of benzene rings is 1. The van der Waals surface area contributed by atoms with Crippen LogP contribution in [0, 0.1) is 35.2 Å². The van der Waals surface area contributed by atoms with Crippen LogP contribution in [0.3, 0.4) is 0 Å². The molecule has 1 aliphatic heterocycles. The Hall–Kier alpha value is -1.03. The maximum absolute atomic E-state index is 13.4. The molecule has 0 spiro atoms. The highest BCUT2D eigenvalue weighted by molar-refractivity contribution is 5.22. The SMILES string of the molecule is CCCC1CCC(C2CCC(c3cc(F)c(F)c(F)c3)OC2)CC1. The second-order valence-corrected chi connectivity index (χ2v) is 7.53.